The molecule has 80 valence electrons. The molecular formula is C10H18N2O2. The first-order valence-corrected chi connectivity index (χ1v) is 5.10. The van der Waals surface area contributed by atoms with Crippen LogP contribution in [0, 0.1) is 0 Å². The molecule has 0 radical (unpaired) electrons. The average Bonchev–Trinajstić information content (AvgIpc) is 2.61. The van der Waals surface area contributed by atoms with E-state index in [0.717, 1.165) is 18.7 Å². The van der Waals surface area contributed by atoms with Gasteiger partial charge in [-0.1, -0.05) is 19.8 Å². The van der Waals surface area contributed by atoms with Gasteiger partial charge in [0.25, 0.3) is 0 Å². The summed E-state index contributed by atoms with van der Waals surface area (Å²) in [6.45, 7) is 1.96. The maximum absolute atomic E-state index is 8.95. The molecule has 0 unspecified atom stereocenters. The number of unbranched alkanes of at least 4 members (excludes halogenated alkanes) is 2. The lowest BCUT2D eigenvalue weighted by Crippen LogP contribution is -1.91. The highest BCUT2D eigenvalue weighted by Crippen LogP contribution is 2.09. The summed E-state index contributed by atoms with van der Waals surface area (Å²) in [6, 6.07) is 0. The zero-order valence-electron chi connectivity index (χ0n) is 8.58. The fourth-order valence-corrected chi connectivity index (χ4v) is 1.43. The van der Waals surface area contributed by atoms with Gasteiger partial charge in [0, 0.05) is 6.42 Å². The fourth-order valence-electron chi connectivity index (χ4n) is 1.43. The second kappa shape index (κ2) is 5.78. The van der Waals surface area contributed by atoms with Crippen molar-refractivity contribution in [2.24, 2.45) is 0 Å². The van der Waals surface area contributed by atoms with E-state index in [1.54, 1.807) is 0 Å². The number of aromatic nitrogens is 2. The molecule has 0 saturated carbocycles. The molecule has 3 N–H and O–H groups in total. The van der Waals surface area contributed by atoms with Crippen LogP contribution in [0.1, 0.15) is 43.4 Å². The number of aryl methyl sites for hydroxylation is 1. The predicted octanol–water partition coefficient (Wildman–Crippen LogP) is 1.13. The molecule has 0 aromatic carbocycles. The quantitative estimate of drug-likeness (QED) is 0.600. The predicted molar refractivity (Wildman–Crippen MR) is 53.7 cm³/mol. The second-order valence-electron chi connectivity index (χ2n) is 3.38. The molecule has 0 fully saturated rings. The Hall–Kier alpha value is -0.870. The smallest absolute Gasteiger partial charge is 0.106 e. The summed E-state index contributed by atoms with van der Waals surface area (Å²) in [7, 11) is 0. The summed E-state index contributed by atoms with van der Waals surface area (Å²) in [6.07, 6.45) is 4.35. The van der Waals surface area contributed by atoms with Crippen LogP contribution in [0.25, 0.3) is 0 Å². The van der Waals surface area contributed by atoms with Crippen LogP contribution < -0.4 is 0 Å². The van der Waals surface area contributed by atoms with Crippen molar-refractivity contribution < 1.29 is 10.2 Å². The Kier molecular flexibility index (Phi) is 4.62. The minimum absolute atomic E-state index is 0.0866. The van der Waals surface area contributed by atoms with E-state index in [1.165, 1.54) is 12.8 Å². The number of nitrogens with one attached hydrogen (secondary N) is 1. The number of nitrogens with zero attached hydrogens (tertiary/aromatic N) is 1. The van der Waals surface area contributed by atoms with Crippen molar-refractivity contribution in [2.75, 3.05) is 0 Å². The van der Waals surface area contributed by atoms with Gasteiger partial charge in [-0.3, -0.25) is 0 Å². The van der Waals surface area contributed by atoms with E-state index in [1.807, 2.05) is 0 Å². The number of aliphatic hydroxyl groups is 2. The molecule has 1 rings (SSSR count). The minimum Gasteiger partial charge on any atom is -0.390 e. The number of aliphatic hydroxyl groups excluding tert-OH is 2. The fraction of sp³-hybridized carbons (Fsp3) is 0.700. The number of hydrogen-bond acceptors (Lipinski definition) is 3. The number of hydrogen-bond donors (Lipinski definition) is 3. The molecule has 0 aliphatic carbocycles. The summed E-state index contributed by atoms with van der Waals surface area (Å²) in [5.74, 6) is 0.867. The minimum atomic E-state index is -0.111. The van der Waals surface area contributed by atoms with Crippen LogP contribution in [0.5, 0.6) is 0 Å². The van der Waals surface area contributed by atoms with E-state index in [9.17, 15) is 0 Å². The van der Waals surface area contributed by atoms with Gasteiger partial charge in [0.1, 0.15) is 5.82 Å². The van der Waals surface area contributed by atoms with Crippen LogP contribution in [0.15, 0.2) is 0 Å². The van der Waals surface area contributed by atoms with Gasteiger partial charge in [-0.25, -0.2) is 4.98 Å². The summed E-state index contributed by atoms with van der Waals surface area (Å²) >= 11 is 0. The van der Waals surface area contributed by atoms with Crippen molar-refractivity contribution in [3.05, 3.63) is 17.2 Å². The molecule has 0 bridgehead atoms. The molecule has 1 aromatic rings. The number of imidazole rings is 1. The van der Waals surface area contributed by atoms with Crippen molar-refractivity contribution in [3.63, 3.8) is 0 Å². The van der Waals surface area contributed by atoms with Crippen LogP contribution in [-0.2, 0) is 19.6 Å². The summed E-state index contributed by atoms with van der Waals surface area (Å²) in [4.78, 5) is 7.23. The average molecular weight is 198 g/mol. The lowest BCUT2D eigenvalue weighted by atomic mass is 10.2. The highest BCUT2D eigenvalue weighted by atomic mass is 16.3. The summed E-state index contributed by atoms with van der Waals surface area (Å²) < 4.78 is 0. The Labute approximate surface area is 84.0 Å². The van der Waals surface area contributed by atoms with Crippen LogP contribution >= 0.6 is 0 Å². The molecule has 4 nitrogen and oxygen atoms in total. The molecular weight excluding hydrogens is 180 g/mol. The van der Waals surface area contributed by atoms with Gasteiger partial charge in [0.05, 0.1) is 24.6 Å². The van der Waals surface area contributed by atoms with Crippen molar-refractivity contribution in [3.8, 4) is 0 Å². The van der Waals surface area contributed by atoms with Gasteiger partial charge < -0.3 is 15.2 Å². The van der Waals surface area contributed by atoms with Gasteiger partial charge in [0.15, 0.2) is 0 Å². The highest BCUT2D eigenvalue weighted by Gasteiger charge is 2.07. The zero-order valence-corrected chi connectivity index (χ0v) is 8.58. The third-order valence-corrected chi connectivity index (χ3v) is 2.24. The maximum Gasteiger partial charge on any atom is 0.106 e. The lowest BCUT2D eigenvalue weighted by molar-refractivity contribution is 0.255. The summed E-state index contributed by atoms with van der Waals surface area (Å²) in [5.41, 5.74) is 1.21. The molecule has 1 aromatic heterocycles. The van der Waals surface area contributed by atoms with Crippen LogP contribution in [0.3, 0.4) is 0 Å². The molecule has 14 heavy (non-hydrogen) atoms. The molecule has 0 amide bonds. The Balaban J connectivity index is 2.55. The third kappa shape index (κ3) is 2.82. The Morgan fingerprint density at radius 1 is 1.21 bits per heavy atom. The van der Waals surface area contributed by atoms with Gasteiger partial charge in [0.2, 0.25) is 0 Å². The van der Waals surface area contributed by atoms with E-state index in [4.69, 9.17) is 10.2 Å². The van der Waals surface area contributed by atoms with E-state index in [-0.39, 0.29) is 13.2 Å². The number of aromatic amines is 1. The Morgan fingerprint density at radius 3 is 2.50 bits per heavy atom. The van der Waals surface area contributed by atoms with Crippen LogP contribution in [0.4, 0.5) is 0 Å². The third-order valence-electron chi connectivity index (χ3n) is 2.24. The number of H-pyrrole nitrogens is 1. The molecule has 0 aliphatic heterocycles. The molecule has 0 aliphatic rings. The number of rotatable bonds is 6. The Bertz CT molecular complexity index is 250. The van der Waals surface area contributed by atoms with Gasteiger partial charge in [-0.15, -0.1) is 0 Å². The second-order valence-corrected chi connectivity index (χ2v) is 3.38. The van der Waals surface area contributed by atoms with Gasteiger partial charge in [-0.05, 0) is 6.42 Å². The first-order valence-electron chi connectivity index (χ1n) is 5.10. The normalized spacial score (nSPS) is 10.8. The van der Waals surface area contributed by atoms with Crippen molar-refractivity contribution in [1.82, 2.24) is 9.97 Å². The first-order chi connectivity index (χ1) is 6.81. The zero-order chi connectivity index (χ0) is 10.4. The molecule has 0 saturated heterocycles. The van der Waals surface area contributed by atoms with Gasteiger partial charge in [-0.2, -0.15) is 0 Å². The SMILES string of the molecule is CCCCCc1nc(CO)c(CO)[nH]1. The van der Waals surface area contributed by atoms with E-state index in [0.29, 0.717) is 11.4 Å². The standard InChI is InChI=1S/C10H18N2O2/c1-2-3-4-5-10-11-8(6-13)9(7-14)12-10/h13-14H,2-7H2,1H3,(H,11,12). The highest BCUT2D eigenvalue weighted by molar-refractivity contribution is 5.13. The molecule has 1 heterocycles. The van der Waals surface area contributed by atoms with E-state index < -0.39 is 0 Å². The Morgan fingerprint density at radius 2 is 2.00 bits per heavy atom. The van der Waals surface area contributed by atoms with E-state index in [2.05, 4.69) is 16.9 Å². The largest absolute Gasteiger partial charge is 0.390 e. The topological polar surface area (TPSA) is 69.1 Å². The van der Waals surface area contributed by atoms with Crippen molar-refractivity contribution >= 4 is 0 Å². The van der Waals surface area contributed by atoms with Gasteiger partial charge >= 0.3 is 0 Å². The van der Waals surface area contributed by atoms with E-state index >= 15 is 0 Å². The molecule has 4 heteroatoms. The van der Waals surface area contributed by atoms with Crippen molar-refractivity contribution in [2.45, 2.75) is 45.8 Å². The lowest BCUT2D eigenvalue weighted by Gasteiger charge is -1.94. The van der Waals surface area contributed by atoms with Crippen LogP contribution in [-0.4, -0.2) is 20.2 Å². The first kappa shape index (κ1) is 11.2. The summed E-state index contributed by atoms with van der Waals surface area (Å²) in [5, 5.41) is 17.9. The monoisotopic (exact) mass is 198 g/mol. The van der Waals surface area contributed by atoms with Crippen LogP contribution in [0.2, 0.25) is 0 Å². The molecule has 0 atom stereocenters. The maximum atomic E-state index is 8.95. The van der Waals surface area contributed by atoms with Crippen molar-refractivity contribution in [1.29, 1.82) is 0 Å². The molecule has 0 spiro atoms.